The van der Waals surface area contributed by atoms with Crippen molar-refractivity contribution >= 4 is 17.7 Å². The Morgan fingerprint density at radius 2 is 2.20 bits per heavy atom. The number of pyridine rings is 1. The first kappa shape index (κ1) is 12.0. The Bertz CT molecular complexity index is 303. The molecule has 1 unspecified atom stereocenters. The first-order valence-electron chi connectivity index (χ1n) is 4.92. The molecule has 0 aliphatic heterocycles. The average molecular weight is 225 g/mol. The van der Waals surface area contributed by atoms with Crippen molar-refractivity contribution in [1.29, 1.82) is 0 Å². The third kappa shape index (κ3) is 4.34. The Labute approximate surface area is 94.2 Å². The maximum atomic E-state index is 10.9. The molecule has 4 heteroatoms. The smallest absolute Gasteiger partial charge is 0.304 e. The van der Waals surface area contributed by atoms with Crippen molar-refractivity contribution in [2.24, 2.45) is 0 Å². The van der Waals surface area contributed by atoms with E-state index >= 15 is 0 Å². The van der Waals surface area contributed by atoms with Gasteiger partial charge in [0.2, 0.25) is 0 Å². The fourth-order valence-electron chi connectivity index (χ4n) is 1.09. The lowest BCUT2D eigenvalue weighted by Gasteiger charge is -2.16. The Morgan fingerprint density at radius 1 is 1.53 bits per heavy atom. The lowest BCUT2D eigenvalue weighted by molar-refractivity contribution is -0.142. The fourth-order valence-corrected chi connectivity index (χ4v) is 2.10. The minimum atomic E-state index is -0.250. The topological polar surface area (TPSA) is 39.2 Å². The van der Waals surface area contributed by atoms with Crippen LogP contribution in [0.25, 0.3) is 0 Å². The summed E-state index contributed by atoms with van der Waals surface area (Å²) in [6, 6.07) is 3.74. The second kappa shape index (κ2) is 6.45. The zero-order valence-corrected chi connectivity index (χ0v) is 9.79. The van der Waals surface area contributed by atoms with Crippen LogP contribution in [0, 0.1) is 0 Å². The molecule has 0 aromatic carbocycles. The van der Waals surface area contributed by atoms with E-state index in [1.54, 1.807) is 24.2 Å². The number of esters is 1. The summed E-state index contributed by atoms with van der Waals surface area (Å²) in [5, 5.41) is 0. The molecule has 1 atom stereocenters. The highest BCUT2D eigenvalue weighted by Gasteiger charge is 2.14. The minimum absolute atomic E-state index is 0.203. The number of nitrogens with zero attached hydrogens (tertiary/aromatic N) is 1. The van der Waals surface area contributed by atoms with Gasteiger partial charge in [0, 0.05) is 24.9 Å². The van der Waals surface area contributed by atoms with Crippen LogP contribution in [0.1, 0.15) is 31.3 Å². The van der Waals surface area contributed by atoms with Crippen LogP contribution in [0.4, 0.5) is 0 Å². The van der Waals surface area contributed by atoms with Gasteiger partial charge in [0.1, 0.15) is 0 Å². The molecule has 3 nitrogen and oxygen atoms in total. The third-order valence-corrected chi connectivity index (χ3v) is 3.04. The largest absolute Gasteiger partial charge is 0.446 e. The molecule has 0 aliphatic rings. The number of hydrogen-bond acceptors (Lipinski definition) is 4. The third-order valence-electron chi connectivity index (χ3n) is 1.72. The summed E-state index contributed by atoms with van der Waals surface area (Å²) in [7, 11) is 0. The van der Waals surface area contributed by atoms with E-state index in [1.165, 1.54) is 6.92 Å². The van der Waals surface area contributed by atoms with Gasteiger partial charge in [0.25, 0.3) is 0 Å². The number of carbonyl (C=O) groups excluding carboxylic acids is 1. The van der Waals surface area contributed by atoms with Crippen LogP contribution in [0.5, 0.6) is 0 Å². The first-order valence-corrected chi connectivity index (χ1v) is 5.97. The molecule has 82 valence electrons. The number of aromatic nitrogens is 1. The van der Waals surface area contributed by atoms with Crippen LogP contribution in [0.3, 0.4) is 0 Å². The standard InChI is InChI=1S/C11H15NO2S/c1-3-8-15-11(14-9(2)13)10-4-6-12-7-5-10/h4-7,11H,3,8H2,1-2H3. The van der Waals surface area contributed by atoms with Gasteiger partial charge < -0.3 is 4.74 Å². The predicted molar refractivity (Wildman–Crippen MR) is 61.5 cm³/mol. The second-order valence-corrected chi connectivity index (χ2v) is 4.26. The first-order chi connectivity index (χ1) is 7.24. The predicted octanol–water partition coefficient (Wildman–Crippen LogP) is 2.79. The van der Waals surface area contributed by atoms with Crippen LogP contribution in [-0.4, -0.2) is 16.7 Å². The highest BCUT2D eigenvalue weighted by atomic mass is 32.2. The highest BCUT2D eigenvalue weighted by Crippen LogP contribution is 2.30. The van der Waals surface area contributed by atoms with Crippen LogP contribution < -0.4 is 0 Å². The summed E-state index contributed by atoms with van der Waals surface area (Å²) in [5.41, 5.74) is 0.782. The summed E-state index contributed by atoms with van der Waals surface area (Å²) in [4.78, 5) is 14.9. The van der Waals surface area contributed by atoms with Gasteiger partial charge in [-0.15, -0.1) is 11.8 Å². The summed E-state index contributed by atoms with van der Waals surface area (Å²) in [5.74, 6) is 0.723. The quantitative estimate of drug-likeness (QED) is 0.570. The van der Waals surface area contributed by atoms with Gasteiger partial charge in [-0.1, -0.05) is 6.92 Å². The van der Waals surface area contributed by atoms with E-state index in [0.717, 1.165) is 17.7 Å². The molecule has 15 heavy (non-hydrogen) atoms. The number of hydrogen-bond donors (Lipinski definition) is 0. The Balaban J connectivity index is 2.67. The van der Waals surface area contributed by atoms with Crippen LogP contribution in [0.2, 0.25) is 0 Å². The van der Waals surface area contributed by atoms with Crippen molar-refractivity contribution in [2.75, 3.05) is 5.75 Å². The number of ether oxygens (including phenoxy) is 1. The van der Waals surface area contributed by atoms with E-state index in [9.17, 15) is 4.79 Å². The van der Waals surface area contributed by atoms with Gasteiger partial charge in [0.15, 0.2) is 5.44 Å². The minimum Gasteiger partial charge on any atom is -0.446 e. The van der Waals surface area contributed by atoms with E-state index in [0.29, 0.717) is 0 Å². The van der Waals surface area contributed by atoms with Gasteiger partial charge in [-0.3, -0.25) is 9.78 Å². The molecule has 0 saturated carbocycles. The monoisotopic (exact) mass is 225 g/mol. The van der Waals surface area contributed by atoms with E-state index < -0.39 is 0 Å². The van der Waals surface area contributed by atoms with E-state index in [-0.39, 0.29) is 11.4 Å². The summed E-state index contributed by atoms with van der Waals surface area (Å²) >= 11 is 1.63. The molecule has 0 amide bonds. The van der Waals surface area contributed by atoms with Crippen molar-refractivity contribution in [3.8, 4) is 0 Å². The molecule has 1 aromatic heterocycles. The van der Waals surface area contributed by atoms with Crippen molar-refractivity contribution in [3.05, 3.63) is 30.1 Å². The lowest BCUT2D eigenvalue weighted by Crippen LogP contribution is -2.05. The normalized spacial score (nSPS) is 12.1. The zero-order chi connectivity index (χ0) is 11.1. The van der Waals surface area contributed by atoms with E-state index in [2.05, 4.69) is 11.9 Å². The molecule has 0 bridgehead atoms. The van der Waals surface area contributed by atoms with Crippen molar-refractivity contribution in [3.63, 3.8) is 0 Å². The highest BCUT2D eigenvalue weighted by molar-refractivity contribution is 7.99. The molecule has 0 fully saturated rings. The molecule has 0 spiro atoms. The number of thioether (sulfide) groups is 1. The number of carbonyl (C=O) groups is 1. The molecular weight excluding hydrogens is 210 g/mol. The van der Waals surface area contributed by atoms with Crippen molar-refractivity contribution < 1.29 is 9.53 Å². The molecule has 0 aliphatic carbocycles. The van der Waals surface area contributed by atoms with Gasteiger partial charge in [-0.05, 0) is 24.3 Å². The summed E-state index contributed by atoms with van der Waals surface area (Å²) < 4.78 is 5.23. The van der Waals surface area contributed by atoms with Crippen LogP contribution >= 0.6 is 11.8 Å². The Morgan fingerprint density at radius 3 is 2.73 bits per heavy atom. The molecule has 1 heterocycles. The SMILES string of the molecule is CCCSC(OC(C)=O)c1ccncc1. The van der Waals surface area contributed by atoms with Crippen molar-refractivity contribution in [2.45, 2.75) is 25.7 Å². The van der Waals surface area contributed by atoms with E-state index in [4.69, 9.17) is 4.74 Å². The summed E-state index contributed by atoms with van der Waals surface area (Å²) in [6.45, 7) is 3.53. The van der Waals surface area contributed by atoms with Gasteiger partial charge in [-0.25, -0.2) is 0 Å². The molecule has 1 aromatic rings. The fraction of sp³-hybridized carbons (Fsp3) is 0.455. The van der Waals surface area contributed by atoms with Gasteiger partial charge in [0.05, 0.1) is 0 Å². The number of rotatable bonds is 5. The van der Waals surface area contributed by atoms with E-state index in [1.807, 2.05) is 12.1 Å². The average Bonchev–Trinajstić information content (AvgIpc) is 2.25. The maximum absolute atomic E-state index is 10.9. The van der Waals surface area contributed by atoms with Gasteiger partial charge >= 0.3 is 5.97 Å². The Hall–Kier alpha value is -1.03. The second-order valence-electron chi connectivity index (χ2n) is 3.09. The molecule has 0 radical (unpaired) electrons. The van der Waals surface area contributed by atoms with Crippen LogP contribution in [-0.2, 0) is 9.53 Å². The van der Waals surface area contributed by atoms with Crippen molar-refractivity contribution in [1.82, 2.24) is 4.98 Å². The van der Waals surface area contributed by atoms with Gasteiger partial charge in [-0.2, -0.15) is 0 Å². The molecular formula is C11H15NO2S. The maximum Gasteiger partial charge on any atom is 0.304 e. The zero-order valence-electron chi connectivity index (χ0n) is 8.97. The lowest BCUT2D eigenvalue weighted by atomic mass is 10.3. The molecule has 1 rings (SSSR count). The summed E-state index contributed by atoms with van der Waals surface area (Å²) in [6.07, 6.45) is 4.48. The molecule has 0 N–H and O–H groups in total. The van der Waals surface area contributed by atoms with Crippen LogP contribution in [0.15, 0.2) is 24.5 Å². The molecule has 0 saturated heterocycles. The Kier molecular flexibility index (Phi) is 5.18.